The number of aromatic hydroxyl groups is 1. The standard InChI is InChI=1S/C46H53FN10O5/c1-28-21-36(29(2)20-34(28)40-26-55(18-19-62-40)38-23-37(51-52-42(38)48)33-6-4-5-7-39(33)58)44(60)54-16-11-46(47,12-17-54)27-53-13-8-31(9-14-53)57-25-30(3)35-22-32(24-49-43(35)57)56-15-10-41(59)50-45(56)61/h4-7,20-25,31,40,58H,8-19,26-27H2,1-3H3,(H2,48,52)(H,50,59,61)/t40-/m1/s1. The average molecular weight is 845 g/mol. The number of imide groups is 1. The van der Waals surface area contributed by atoms with Crippen molar-refractivity contribution < 1.29 is 28.6 Å². The zero-order valence-electron chi connectivity index (χ0n) is 35.4. The summed E-state index contributed by atoms with van der Waals surface area (Å²) in [5.41, 5.74) is 12.7. The Balaban J connectivity index is 0.795. The summed E-state index contributed by atoms with van der Waals surface area (Å²) in [6.07, 6.45) is 6.08. The molecule has 5 aromatic rings. The van der Waals surface area contributed by atoms with Gasteiger partial charge in [-0.25, -0.2) is 14.2 Å². The predicted molar refractivity (Wildman–Crippen MR) is 234 cm³/mol. The molecule has 16 heteroatoms. The molecule has 1 atom stereocenters. The largest absolute Gasteiger partial charge is 0.507 e. The first kappa shape index (κ1) is 41.2. The van der Waals surface area contributed by atoms with E-state index in [4.69, 9.17) is 15.5 Å². The molecule has 9 rings (SSSR count). The molecule has 4 amide bonds. The van der Waals surface area contributed by atoms with Gasteiger partial charge in [0.05, 0.1) is 29.9 Å². The molecule has 0 unspecified atom stereocenters. The van der Waals surface area contributed by atoms with Crippen LogP contribution in [0.4, 0.5) is 26.4 Å². The number of nitrogens with two attached hydrogens (primary N) is 1. The van der Waals surface area contributed by atoms with Gasteiger partial charge in [-0.2, -0.15) is 0 Å². The van der Waals surface area contributed by atoms with Gasteiger partial charge in [0.15, 0.2) is 5.82 Å². The summed E-state index contributed by atoms with van der Waals surface area (Å²) in [6.45, 7) is 10.5. The summed E-state index contributed by atoms with van der Waals surface area (Å²) in [4.78, 5) is 50.5. The molecule has 4 aliphatic heterocycles. The third-order valence-corrected chi connectivity index (χ3v) is 13.2. The van der Waals surface area contributed by atoms with Crippen LogP contribution in [0.1, 0.15) is 76.9 Å². The van der Waals surface area contributed by atoms with Crippen molar-refractivity contribution in [3.8, 4) is 17.0 Å². The average Bonchev–Trinajstić information content (AvgIpc) is 3.60. The number of benzene rings is 2. The van der Waals surface area contributed by atoms with Crippen molar-refractivity contribution in [1.29, 1.82) is 0 Å². The number of para-hydroxylation sites is 1. The summed E-state index contributed by atoms with van der Waals surface area (Å²) >= 11 is 0. The molecule has 324 valence electrons. The quantitative estimate of drug-likeness (QED) is 0.167. The smallest absolute Gasteiger partial charge is 0.328 e. The van der Waals surface area contributed by atoms with Crippen molar-refractivity contribution in [3.63, 3.8) is 0 Å². The van der Waals surface area contributed by atoms with Crippen LogP contribution < -0.4 is 20.9 Å². The van der Waals surface area contributed by atoms with Crippen molar-refractivity contribution in [3.05, 3.63) is 88.7 Å². The Labute approximate surface area is 359 Å². The number of fused-ring (bicyclic) bond motifs is 1. The number of rotatable bonds is 8. The zero-order valence-corrected chi connectivity index (χ0v) is 35.4. The van der Waals surface area contributed by atoms with E-state index in [1.54, 1.807) is 34.2 Å². The number of aryl methyl sites for hydroxylation is 3. The van der Waals surface area contributed by atoms with E-state index in [-0.39, 0.29) is 49.0 Å². The number of urea groups is 1. The monoisotopic (exact) mass is 844 g/mol. The van der Waals surface area contributed by atoms with Crippen molar-refractivity contribution in [2.45, 2.75) is 70.7 Å². The Morgan fingerprint density at radius 3 is 2.50 bits per heavy atom. The minimum absolute atomic E-state index is 0.0807. The van der Waals surface area contributed by atoms with E-state index in [0.29, 0.717) is 79.9 Å². The molecular formula is C46H53FN10O5. The number of phenolic OH excluding ortho intramolecular Hbond substituents is 1. The van der Waals surface area contributed by atoms with Crippen molar-refractivity contribution in [2.24, 2.45) is 0 Å². The number of carbonyl (C=O) groups is 3. The Morgan fingerprint density at radius 1 is 0.968 bits per heavy atom. The molecule has 2 aromatic carbocycles. The third-order valence-electron chi connectivity index (χ3n) is 13.2. The van der Waals surface area contributed by atoms with Crippen LogP contribution in [0.5, 0.6) is 5.75 Å². The predicted octanol–water partition coefficient (Wildman–Crippen LogP) is 6.01. The highest BCUT2D eigenvalue weighted by molar-refractivity contribution is 6.06. The number of piperidine rings is 2. The van der Waals surface area contributed by atoms with Crippen LogP contribution in [0.2, 0.25) is 0 Å². The molecular weight excluding hydrogens is 792 g/mol. The molecule has 4 N–H and O–H groups in total. The number of nitrogen functional groups attached to an aromatic ring is 1. The molecule has 15 nitrogen and oxygen atoms in total. The van der Waals surface area contributed by atoms with Crippen LogP contribution in [-0.2, 0) is 9.53 Å². The van der Waals surface area contributed by atoms with Gasteiger partial charge in [-0.15, -0.1) is 10.2 Å². The second-order valence-corrected chi connectivity index (χ2v) is 17.3. The summed E-state index contributed by atoms with van der Waals surface area (Å²) in [7, 11) is 0. The Kier molecular flexibility index (Phi) is 11.1. The lowest BCUT2D eigenvalue weighted by Crippen LogP contribution is -2.51. The van der Waals surface area contributed by atoms with Crippen LogP contribution in [0.25, 0.3) is 22.3 Å². The van der Waals surface area contributed by atoms with Crippen molar-refractivity contribution in [1.82, 2.24) is 34.9 Å². The number of carbonyl (C=O) groups excluding carboxylic acids is 3. The molecule has 3 aromatic heterocycles. The van der Waals surface area contributed by atoms with E-state index in [1.807, 2.05) is 51.1 Å². The maximum absolute atomic E-state index is 16.5. The maximum Gasteiger partial charge on any atom is 0.328 e. The SMILES string of the molecule is Cc1cc([C@H]2CN(c3cc(-c4ccccc4O)nnc3N)CCO2)c(C)cc1C(=O)N1CCC(F)(CN2CCC(n3cc(C)c4cc(N5CCC(=O)NC5=O)cnc43)CC2)CC1. The maximum atomic E-state index is 16.5. The number of phenols is 1. The van der Waals surface area contributed by atoms with Gasteiger partial charge in [-0.05, 0) is 86.2 Å². The first-order valence-corrected chi connectivity index (χ1v) is 21.5. The fraction of sp³-hybridized carbons (Fsp3) is 0.435. The molecule has 4 fully saturated rings. The lowest BCUT2D eigenvalue weighted by Gasteiger charge is -2.41. The van der Waals surface area contributed by atoms with Crippen LogP contribution in [-0.4, -0.2) is 117 Å². The van der Waals surface area contributed by atoms with Gasteiger partial charge in [-0.3, -0.25) is 19.8 Å². The molecule has 62 heavy (non-hydrogen) atoms. The first-order chi connectivity index (χ1) is 29.8. The highest BCUT2D eigenvalue weighted by atomic mass is 19.1. The Morgan fingerprint density at radius 2 is 1.74 bits per heavy atom. The molecule has 0 saturated carbocycles. The number of halogens is 1. The number of anilines is 3. The van der Waals surface area contributed by atoms with Gasteiger partial charge in [0, 0.05) is 100 Å². The summed E-state index contributed by atoms with van der Waals surface area (Å²) < 4.78 is 25.0. The van der Waals surface area contributed by atoms with E-state index < -0.39 is 11.7 Å². The number of hydrogen-bond donors (Lipinski definition) is 3. The highest BCUT2D eigenvalue weighted by Gasteiger charge is 2.39. The van der Waals surface area contributed by atoms with Gasteiger partial charge in [0.2, 0.25) is 5.91 Å². The normalized spacial score (nSPS) is 20.2. The number of nitrogens with one attached hydrogen (secondary N) is 1. The summed E-state index contributed by atoms with van der Waals surface area (Å²) in [5, 5.41) is 22.2. The lowest BCUT2D eigenvalue weighted by atomic mass is 9.90. The number of nitrogens with zero attached hydrogens (tertiary/aromatic N) is 8. The molecule has 0 aliphatic carbocycles. The zero-order chi connectivity index (χ0) is 43.3. The number of aromatic nitrogens is 4. The van der Waals surface area contributed by atoms with Gasteiger partial charge in [0.25, 0.3) is 5.91 Å². The van der Waals surface area contributed by atoms with Crippen LogP contribution in [0, 0.1) is 20.8 Å². The molecule has 0 bridgehead atoms. The van der Waals surface area contributed by atoms with Gasteiger partial charge in [-0.1, -0.05) is 18.2 Å². The van der Waals surface area contributed by atoms with Crippen molar-refractivity contribution >= 4 is 46.1 Å². The van der Waals surface area contributed by atoms with Crippen LogP contribution in [0.15, 0.2) is 60.9 Å². The van der Waals surface area contributed by atoms with E-state index in [0.717, 1.165) is 59.2 Å². The number of alkyl halides is 1. The Bertz CT molecular complexity index is 2550. The van der Waals surface area contributed by atoms with E-state index in [9.17, 15) is 19.5 Å². The number of morpholine rings is 1. The fourth-order valence-electron chi connectivity index (χ4n) is 9.65. The molecule has 4 saturated heterocycles. The third kappa shape index (κ3) is 8.04. The topological polar surface area (TPSA) is 175 Å². The van der Waals surface area contributed by atoms with E-state index >= 15 is 4.39 Å². The number of likely N-dealkylation sites (tertiary alicyclic amines) is 2. The van der Waals surface area contributed by atoms with Crippen molar-refractivity contribution in [2.75, 3.05) is 74.5 Å². The van der Waals surface area contributed by atoms with Crippen LogP contribution >= 0.6 is 0 Å². The van der Waals surface area contributed by atoms with Gasteiger partial charge < -0.3 is 34.8 Å². The van der Waals surface area contributed by atoms with E-state index in [2.05, 4.69) is 36.1 Å². The highest BCUT2D eigenvalue weighted by Crippen LogP contribution is 2.37. The van der Waals surface area contributed by atoms with E-state index in [1.165, 1.54) is 0 Å². The summed E-state index contributed by atoms with van der Waals surface area (Å²) in [6, 6.07) is 14.6. The second-order valence-electron chi connectivity index (χ2n) is 17.3. The minimum atomic E-state index is -1.38. The fourth-order valence-corrected chi connectivity index (χ4v) is 9.65. The number of ether oxygens (including phenoxy) is 1. The number of amides is 4. The summed E-state index contributed by atoms with van der Waals surface area (Å²) in [5.74, 6) is 0.0530. The first-order valence-electron chi connectivity index (χ1n) is 21.5. The number of hydrogen-bond acceptors (Lipinski definition) is 11. The van der Waals surface area contributed by atoms with Crippen LogP contribution in [0.3, 0.4) is 0 Å². The molecule has 4 aliphatic rings. The minimum Gasteiger partial charge on any atom is -0.507 e. The molecule has 0 radical (unpaired) electrons. The molecule has 7 heterocycles. The van der Waals surface area contributed by atoms with Gasteiger partial charge in [0.1, 0.15) is 23.2 Å². The molecule has 0 spiro atoms. The second kappa shape index (κ2) is 16.6. The number of pyridine rings is 1. The van der Waals surface area contributed by atoms with Gasteiger partial charge >= 0.3 is 6.03 Å². The lowest BCUT2D eigenvalue weighted by molar-refractivity contribution is -0.120. The Hall–Kier alpha value is -6.13.